The van der Waals surface area contributed by atoms with Gasteiger partial charge < -0.3 is 9.47 Å². The Morgan fingerprint density at radius 3 is 3.13 bits per heavy atom. The fourth-order valence-corrected chi connectivity index (χ4v) is 1.99. The highest BCUT2D eigenvalue weighted by molar-refractivity contribution is 9.10. The van der Waals surface area contributed by atoms with Crippen molar-refractivity contribution >= 4 is 15.9 Å². The van der Waals surface area contributed by atoms with Gasteiger partial charge in [-0.2, -0.15) is 10.2 Å². The lowest BCUT2D eigenvalue weighted by atomic mass is 10.2. The Morgan fingerprint density at radius 1 is 1.53 bits per heavy atom. The summed E-state index contributed by atoms with van der Waals surface area (Å²) in [6.07, 6.45) is 7.75. The third-order valence-corrected chi connectivity index (χ3v) is 3.33. The van der Waals surface area contributed by atoms with Crippen LogP contribution in [0.3, 0.4) is 0 Å². The van der Waals surface area contributed by atoms with Crippen molar-refractivity contribution in [2.45, 2.75) is 36.4 Å². The molecule has 84 valence electrons. The van der Waals surface area contributed by atoms with Crippen LogP contribution in [0.1, 0.15) is 25.7 Å². The fraction of sp³-hybridized carbons (Fsp3) is 0.800. The summed E-state index contributed by atoms with van der Waals surface area (Å²) >= 11 is 3.50. The summed E-state index contributed by atoms with van der Waals surface area (Å²) in [6, 6.07) is 0. The number of hydrogen-bond acceptors (Lipinski definition) is 4. The smallest absolute Gasteiger partial charge is 0.158 e. The normalized spacial score (nSPS) is 34.9. The summed E-state index contributed by atoms with van der Waals surface area (Å²) in [5.74, 6) is 0. The van der Waals surface area contributed by atoms with E-state index in [9.17, 15) is 0 Å². The van der Waals surface area contributed by atoms with Crippen molar-refractivity contribution in [2.75, 3.05) is 13.2 Å². The molecule has 0 N–H and O–H groups in total. The highest BCUT2D eigenvalue weighted by Gasteiger charge is 2.26. The van der Waals surface area contributed by atoms with E-state index in [0.29, 0.717) is 6.61 Å². The lowest BCUT2D eigenvalue weighted by Gasteiger charge is -2.23. The van der Waals surface area contributed by atoms with Gasteiger partial charge >= 0.3 is 0 Å². The number of nitrogens with zero attached hydrogens (tertiary/aromatic N) is 2. The van der Waals surface area contributed by atoms with Gasteiger partial charge in [0.2, 0.25) is 0 Å². The van der Waals surface area contributed by atoms with E-state index in [4.69, 9.17) is 9.47 Å². The molecule has 0 aromatic heterocycles. The average molecular weight is 275 g/mol. The van der Waals surface area contributed by atoms with E-state index in [2.05, 4.69) is 26.2 Å². The number of azo groups is 1. The third kappa shape index (κ3) is 3.36. The lowest BCUT2D eigenvalue weighted by Crippen LogP contribution is -2.25. The first-order chi connectivity index (χ1) is 7.29. The van der Waals surface area contributed by atoms with Crippen molar-refractivity contribution in [2.24, 2.45) is 10.2 Å². The van der Waals surface area contributed by atoms with Gasteiger partial charge in [0.05, 0.1) is 6.61 Å². The zero-order valence-corrected chi connectivity index (χ0v) is 10.1. The minimum absolute atomic E-state index is 0.0165. The Morgan fingerprint density at radius 2 is 2.47 bits per heavy atom. The van der Waals surface area contributed by atoms with Gasteiger partial charge in [-0.3, -0.25) is 0 Å². The minimum atomic E-state index is -0.346. The average Bonchev–Trinajstić information content (AvgIpc) is 2.67. The molecule has 1 fully saturated rings. The monoisotopic (exact) mass is 274 g/mol. The van der Waals surface area contributed by atoms with Crippen LogP contribution in [-0.4, -0.2) is 24.0 Å². The van der Waals surface area contributed by atoms with Gasteiger partial charge in [-0.1, -0.05) is 15.9 Å². The molecule has 0 radical (unpaired) electrons. The van der Waals surface area contributed by atoms with Crippen LogP contribution in [0.2, 0.25) is 0 Å². The zero-order valence-electron chi connectivity index (χ0n) is 8.56. The molecule has 2 atom stereocenters. The number of hydrogen-bond donors (Lipinski definition) is 0. The lowest BCUT2D eigenvalue weighted by molar-refractivity contribution is -0.163. The van der Waals surface area contributed by atoms with E-state index in [1.54, 1.807) is 6.20 Å². The van der Waals surface area contributed by atoms with Crippen LogP contribution in [0.5, 0.6) is 0 Å². The largest absolute Gasteiger partial charge is 0.353 e. The second kappa shape index (κ2) is 5.18. The van der Waals surface area contributed by atoms with E-state index < -0.39 is 0 Å². The van der Waals surface area contributed by atoms with E-state index in [0.717, 1.165) is 25.9 Å². The molecule has 15 heavy (non-hydrogen) atoms. The molecule has 1 unspecified atom stereocenters. The van der Waals surface area contributed by atoms with Crippen molar-refractivity contribution in [3.8, 4) is 0 Å². The van der Waals surface area contributed by atoms with Crippen molar-refractivity contribution in [3.05, 3.63) is 12.3 Å². The van der Waals surface area contributed by atoms with E-state index >= 15 is 0 Å². The summed E-state index contributed by atoms with van der Waals surface area (Å²) in [4.78, 5) is 0. The molecule has 2 aliphatic heterocycles. The summed E-state index contributed by atoms with van der Waals surface area (Å²) < 4.78 is 10.7. The quantitative estimate of drug-likeness (QED) is 0.584. The maximum absolute atomic E-state index is 5.62. The topological polar surface area (TPSA) is 43.2 Å². The molecule has 0 spiro atoms. The molecule has 4 nitrogen and oxygen atoms in total. The second-order valence-corrected chi connectivity index (χ2v) is 5.14. The number of halogens is 1. The Bertz CT molecular complexity index is 250. The van der Waals surface area contributed by atoms with Gasteiger partial charge in [0.25, 0.3) is 0 Å². The fourth-order valence-electron chi connectivity index (χ4n) is 1.62. The molecular formula is C10H15BrN2O2. The van der Waals surface area contributed by atoms with E-state index in [-0.39, 0.29) is 10.7 Å². The summed E-state index contributed by atoms with van der Waals surface area (Å²) in [5, 5.41) is 7.87. The molecule has 0 aromatic rings. The maximum Gasteiger partial charge on any atom is 0.158 e. The molecule has 2 rings (SSSR count). The number of ether oxygens (including phenoxy) is 2. The summed E-state index contributed by atoms with van der Waals surface area (Å²) in [5.41, 5.74) is 0. The Hall–Kier alpha value is -0.260. The first-order valence-corrected chi connectivity index (χ1v) is 6.10. The van der Waals surface area contributed by atoms with Crippen LogP contribution >= 0.6 is 15.9 Å². The van der Waals surface area contributed by atoms with Gasteiger partial charge in [-0.25, -0.2) is 0 Å². The Labute approximate surface area is 97.9 Å². The molecule has 5 heteroatoms. The van der Waals surface area contributed by atoms with Crippen LogP contribution in [0, 0.1) is 0 Å². The molecule has 0 amide bonds. The predicted octanol–water partition coefficient (Wildman–Crippen LogP) is 2.99. The van der Waals surface area contributed by atoms with Crippen LogP contribution in [0.25, 0.3) is 0 Å². The third-order valence-electron chi connectivity index (χ3n) is 2.51. The van der Waals surface area contributed by atoms with Crippen molar-refractivity contribution in [1.29, 1.82) is 0 Å². The molecule has 0 saturated carbocycles. The summed E-state index contributed by atoms with van der Waals surface area (Å²) in [7, 11) is 0. The Balaban J connectivity index is 1.65. The van der Waals surface area contributed by atoms with Gasteiger partial charge in [-0.05, 0) is 25.3 Å². The first-order valence-electron chi connectivity index (χ1n) is 5.30. The van der Waals surface area contributed by atoms with Crippen molar-refractivity contribution < 1.29 is 9.47 Å². The number of rotatable bonds is 4. The molecule has 0 aliphatic carbocycles. The number of alkyl halides is 1. The Kier molecular flexibility index (Phi) is 3.88. The molecule has 2 heterocycles. The zero-order chi connectivity index (χ0) is 10.6. The molecule has 0 aromatic carbocycles. The summed E-state index contributed by atoms with van der Waals surface area (Å²) in [6.45, 7) is 1.46. The van der Waals surface area contributed by atoms with Gasteiger partial charge in [0.1, 0.15) is 0 Å². The highest BCUT2D eigenvalue weighted by Crippen LogP contribution is 2.30. The highest BCUT2D eigenvalue weighted by atomic mass is 79.9. The standard InChI is InChI=1S/C10H15BrN2O2/c11-10(4-6-12-13-10)5-8-15-9-3-1-2-7-14-9/h4,6,9H,1-3,5,7-8H2/t9-,10?/m0/s1. The van der Waals surface area contributed by atoms with Crippen LogP contribution in [0.4, 0.5) is 0 Å². The van der Waals surface area contributed by atoms with Gasteiger partial charge in [0.15, 0.2) is 10.7 Å². The van der Waals surface area contributed by atoms with Crippen LogP contribution < -0.4 is 0 Å². The van der Waals surface area contributed by atoms with Crippen LogP contribution in [-0.2, 0) is 9.47 Å². The van der Waals surface area contributed by atoms with E-state index in [1.807, 2.05) is 6.08 Å². The molecule has 0 bridgehead atoms. The second-order valence-electron chi connectivity index (χ2n) is 3.77. The maximum atomic E-state index is 5.62. The molecule has 2 aliphatic rings. The SMILES string of the molecule is BrC1(CCO[C@H]2CCCCO2)C=CN=N1. The minimum Gasteiger partial charge on any atom is -0.353 e. The van der Waals surface area contributed by atoms with E-state index in [1.165, 1.54) is 6.42 Å². The van der Waals surface area contributed by atoms with Crippen LogP contribution in [0.15, 0.2) is 22.5 Å². The van der Waals surface area contributed by atoms with Gasteiger partial charge in [0, 0.05) is 19.2 Å². The van der Waals surface area contributed by atoms with Crippen molar-refractivity contribution in [1.82, 2.24) is 0 Å². The first kappa shape index (κ1) is 11.2. The molecule has 1 saturated heterocycles. The predicted molar refractivity (Wildman–Crippen MR) is 59.8 cm³/mol. The van der Waals surface area contributed by atoms with Crippen molar-refractivity contribution in [3.63, 3.8) is 0 Å². The van der Waals surface area contributed by atoms with Gasteiger partial charge in [-0.15, -0.1) is 0 Å². The molecular weight excluding hydrogens is 260 g/mol.